The Morgan fingerprint density at radius 1 is 1.38 bits per heavy atom. The largest absolute Gasteiger partial charge is 0.390 e. The van der Waals surface area contributed by atoms with Crippen LogP contribution in [0.2, 0.25) is 0 Å². The van der Waals surface area contributed by atoms with Crippen LogP contribution in [0.1, 0.15) is 25.2 Å². The standard InChI is InChI=1S/C13H18N2O/c1-3-12(16)13(14)15-9(2)8-10-6-4-5-7-11(10)15/h4-8,12-13,16H,3,14H2,1-2H3. The van der Waals surface area contributed by atoms with Crippen molar-refractivity contribution in [3.8, 4) is 0 Å². The van der Waals surface area contributed by atoms with E-state index < -0.39 is 6.10 Å². The number of benzene rings is 1. The van der Waals surface area contributed by atoms with E-state index in [1.807, 2.05) is 36.6 Å². The Morgan fingerprint density at radius 2 is 2.06 bits per heavy atom. The highest BCUT2D eigenvalue weighted by atomic mass is 16.3. The SMILES string of the molecule is CCC(O)C(N)n1c(C)cc2ccccc21. The van der Waals surface area contributed by atoms with Crippen LogP contribution in [-0.4, -0.2) is 15.8 Å². The molecule has 3 nitrogen and oxygen atoms in total. The molecule has 0 aliphatic heterocycles. The van der Waals surface area contributed by atoms with Crippen molar-refractivity contribution in [2.24, 2.45) is 5.73 Å². The van der Waals surface area contributed by atoms with E-state index in [2.05, 4.69) is 12.1 Å². The molecular formula is C13H18N2O. The van der Waals surface area contributed by atoms with Gasteiger partial charge >= 0.3 is 0 Å². The van der Waals surface area contributed by atoms with E-state index in [1.165, 1.54) is 5.39 Å². The van der Waals surface area contributed by atoms with Crippen molar-refractivity contribution in [1.29, 1.82) is 0 Å². The van der Waals surface area contributed by atoms with Crippen LogP contribution in [0.25, 0.3) is 10.9 Å². The Labute approximate surface area is 95.5 Å². The monoisotopic (exact) mass is 218 g/mol. The van der Waals surface area contributed by atoms with E-state index in [0.29, 0.717) is 6.42 Å². The van der Waals surface area contributed by atoms with E-state index in [0.717, 1.165) is 11.2 Å². The summed E-state index contributed by atoms with van der Waals surface area (Å²) in [5.74, 6) is 0. The first kappa shape index (κ1) is 11.2. The first-order valence-corrected chi connectivity index (χ1v) is 5.65. The predicted molar refractivity (Wildman–Crippen MR) is 66.2 cm³/mol. The number of fused-ring (bicyclic) bond motifs is 1. The zero-order valence-electron chi connectivity index (χ0n) is 9.72. The Kier molecular flexibility index (Phi) is 2.99. The van der Waals surface area contributed by atoms with Crippen LogP contribution in [-0.2, 0) is 0 Å². The fourth-order valence-corrected chi connectivity index (χ4v) is 2.12. The Morgan fingerprint density at radius 3 is 2.75 bits per heavy atom. The maximum Gasteiger partial charge on any atom is 0.108 e. The molecule has 0 amide bonds. The second-order valence-electron chi connectivity index (χ2n) is 4.18. The average Bonchev–Trinajstić information content (AvgIpc) is 2.63. The summed E-state index contributed by atoms with van der Waals surface area (Å²) in [6, 6.07) is 10.2. The van der Waals surface area contributed by atoms with E-state index in [4.69, 9.17) is 5.73 Å². The molecule has 1 heterocycles. The summed E-state index contributed by atoms with van der Waals surface area (Å²) < 4.78 is 2.00. The van der Waals surface area contributed by atoms with Crippen molar-refractivity contribution in [2.45, 2.75) is 32.5 Å². The number of aromatic nitrogens is 1. The zero-order valence-corrected chi connectivity index (χ0v) is 9.72. The summed E-state index contributed by atoms with van der Waals surface area (Å²) in [7, 11) is 0. The molecule has 1 aromatic carbocycles. The van der Waals surface area contributed by atoms with Gasteiger partial charge in [0.1, 0.15) is 6.17 Å². The first-order chi connectivity index (χ1) is 7.65. The van der Waals surface area contributed by atoms with Gasteiger partial charge in [-0.05, 0) is 30.9 Å². The topological polar surface area (TPSA) is 51.2 Å². The molecule has 2 aromatic rings. The number of aliphatic hydroxyl groups is 1. The third-order valence-electron chi connectivity index (χ3n) is 3.05. The minimum Gasteiger partial charge on any atom is -0.390 e. The third kappa shape index (κ3) is 1.72. The number of hydrogen-bond acceptors (Lipinski definition) is 2. The van der Waals surface area contributed by atoms with Gasteiger partial charge in [-0.3, -0.25) is 0 Å². The highest BCUT2D eigenvalue weighted by Gasteiger charge is 2.17. The lowest BCUT2D eigenvalue weighted by molar-refractivity contribution is 0.112. The van der Waals surface area contributed by atoms with Crippen molar-refractivity contribution in [2.75, 3.05) is 0 Å². The van der Waals surface area contributed by atoms with Gasteiger partial charge in [0.05, 0.1) is 6.10 Å². The highest BCUT2D eigenvalue weighted by molar-refractivity contribution is 5.81. The van der Waals surface area contributed by atoms with Gasteiger partial charge in [0.15, 0.2) is 0 Å². The summed E-state index contributed by atoms with van der Waals surface area (Å²) >= 11 is 0. The van der Waals surface area contributed by atoms with E-state index in [9.17, 15) is 5.11 Å². The van der Waals surface area contributed by atoms with Crippen LogP contribution in [0, 0.1) is 6.92 Å². The number of aliphatic hydroxyl groups excluding tert-OH is 1. The third-order valence-corrected chi connectivity index (χ3v) is 3.05. The molecule has 2 unspecified atom stereocenters. The molecule has 0 aliphatic carbocycles. The Balaban J connectivity index is 2.54. The smallest absolute Gasteiger partial charge is 0.108 e. The number of hydrogen-bond donors (Lipinski definition) is 2. The fourth-order valence-electron chi connectivity index (χ4n) is 2.12. The van der Waals surface area contributed by atoms with E-state index in [-0.39, 0.29) is 6.17 Å². The predicted octanol–water partition coefficient (Wildman–Crippen LogP) is 2.18. The molecule has 16 heavy (non-hydrogen) atoms. The quantitative estimate of drug-likeness (QED) is 0.829. The maximum atomic E-state index is 9.84. The van der Waals surface area contributed by atoms with Gasteiger partial charge in [-0.1, -0.05) is 25.1 Å². The summed E-state index contributed by atoms with van der Waals surface area (Å²) in [5, 5.41) is 11.0. The molecule has 3 N–H and O–H groups in total. The van der Waals surface area contributed by atoms with Gasteiger partial charge in [0, 0.05) is 11.2 Å². The summed E-state index contributed by atoms with van der Waals surface area (Å²) in [6.45, 7) is 3.95. The molecule has 0 radical (unpaired) electrons. The fraction of sp³-hybridized carbons (Fsp3) is 0.385. The average molecular weight is 218 g/mol. The molecule has 1 aromatic heterocycles. The van der Waals surface area contributed by atoms with Crippen LogP contribution >= 0.6 is 0 Å². The van der Waals surface area contributed by atoms with Gasteiger partial charge in [-0.25, -0.2) is 0 Å². The van der Waals surface area contributed by atoms with Crippen molar-refractivity contribution < 1.29 is 5.11 Å². The van der Waals surface area contributed by atoms with Crippen molar-refractivity contribution >= 4 is 10.9 Å². The van der Waals surface area contributed by atoms with Gasteiger partial charge < -0.3 is 15.4 Å². The van der Waals surface area contributed by atoms with Crippen molar-refractivity contribution in [1.82, 2.24) is 4.57 Å². The van der Waals surface area contributed by atoms with E-state index >= 15 is 0 Å². The Hall–Kier alpha value is -1.32. The van der Waals surface area contributed by atoms with Crippen LogP contribution in [0.4, 0.5) is 0 Å². The number of aryl methyl sites for hydroxylation is 1. The van der Waals surface area contributed by atoms with Gasteiger partial charge in [0.2, 0.25) is 0 Å². The van der Waals surface area contributed by atoms with Crippen LogP contribution in [0.15, 0.2) is 30.3 Å². The van der Waals surface area contributed by atoms with Crippen LogP contribution in [0.5, 0.6) is 0 Å². The number of para-hydroxylation sites is 1. The second kappa shape index (κ2) is 4.28. The Bertz CT molecular complexity index is 490. The summed E-state index contributed by atoms with van der Waals surface area (Å²) in [5.41, 5.74) is 8.24. The lowest BCUT2D eigenvalue weighted by Crippen LogP contribution is -2.31. The zero-order chi connectivity index (χ0) is 11.7. The lowest BCUT2D eigenvalue weighted by atomic mass is 10.2. The van der Waals surface area contributed by atoms with Crippen LogP contribution in [0.3, 0.4) is 0 Å². The maximum absolute atomic E-state index is 9.84. The number of nitrogens with zero attached hydrogens (tertiary/aromatic N) is 1. The number of nitrogens with two attached hydrogens (primary N) is 1. The molecule has 2 atom stereocenters. The van der Waals surface area contributed by atoms with Gasteiger partial charge in [-0.15, -0.1) is 0 Å². The molecular weight excluding hydrogens is 200 g/mol. The summed E-state index contributed by atoms with van der Waals surface area (Å²) in [6.07, 6.45) is -0.216. The molecule has 3 heteroatoms. The normalized spacial score (nSPS) is 15.2. The molecule has 0 saturated heterocycles. The van der Waals surface area contributed by atoms with Gasteiger partial charge in [0.25, 0.3) is 0 Å². The summed E-state index contributed by atoms with van der Waals surface area (Å²) in [4.78, 5) is 0. The molecule has 0 fully saturated rings. The number of rotatable bonds is 3. The van der Waals surface area contributed by atoms with Crippen LogP contribution < -0.4 is 5.73 Å². The van der Waals surface area contributed by atoms with Gasteiger partial charge in [-0.2, -0.15) is 0 Å². The molecule has 0 bridgehead atoms. The minimum atomic E-state index is -0.505. The molecule has 86 valence electrons. The molecule has 0 saturated carbocycles. The minimum absolute atomic E-state index is 0.370. The first-order valence-electron chi connectivity index (χ1n) is 5.65. The second-order valence-corrected chi connectivity index (χ2v) is 4.18. The van der Waals surface area contributed by atoms with E-state index in [1.54, 1.807) is 0 Å². The molecule has 0 aliphatic rings. The van der Waals surface area contributed by atoms with Crippen molar-refractivity contribution in [3.63, 3.8) is 0 Å². The highest BCUT2D eigenvalue weighted by Crippen LogP contribution is 2.23. The lowest BCUT2D eigenvalue weighted by Gasteiger charge is -2.22. The molecule has 2 rings (SSSR count). The van der Waals surface area contributed by atoms with Crippen molar-refractivity contribution in [3.05, 3.63) is 36.0 Å². The molecule has 0 spiro atoms.